The highest BCUT2D eigenvalue weighted by atomic mass is 32.2. The predicted octanol–water partition coefficient (Wildman–Crippen LogP) is 2.60. The molecular formula is C15H22N2O3S2. The van der Waals surface area contributed by atoms with Gasteiger partial charge in [0.1, 0.15) is 0 Å². The summed E-state index contributed by atoms with van der Waals surface area (Å²) in [6.45, 7) is 1.85. The number of rotatable bonds is 7. The molecule has 1 aliphatic rings. The number of hydrogen-bond acceptors (Lipinski definition) is 4. The first-order chi connectivity index (χ1) is 10.5. The van der Waals surface area contributed by atoms with Crippen LogP contribution in [0.5, 0.6) is 0 Å². The number of amides is 1. The Bertz CT molecular complexity index is 594. The van der Waals surface area contributed by atoms with Crippen LogP contribution >= 0.6 is 11.8 Å². The van der Waals surface area contributed by atoms with Gasteiger partial charge in [-0.05, 0) is 37.1 Å². The number of benzene rings is 1. The molecule has 1 aromatic carbocycles. The Morgan fingerprint density at radius 3 is 2.45 bits per heavy atom. The minimum atomic E-state index is -3.48. The van der Waals surface area contributed by atoms with Gasteiger partial charge in [-0.2, -0.15) is 11.8 Å². The van der Waals surface area contributed by atoms with Crippen LogP contribution in [-0.2, 0) is 14.8 Å². The molecule has 5 nitrogen and oxygen atoms in total. The van der Waals surface area contributed by atoms with Crippen molar-refractivity contribution in [3.8, 4) is 0 Å². The topological polar surface area (TPSA) is 75.3 Å². The Morgan fingerprint density at radius 2 is 1.86 bits per heavy atom. The predicted molar refractivity (Wildman–Crippen MR) is 90.6 cm³/mol. The summed E-state index contributed by atoms with van der Waals surface area (Å²) in [5, 5.41) is 3.31. The fraction of sp³-hybridized carbons (Fsp3) is 0.533. The van der Waals surface area contributed by atoms with E-state index in [-0.39, 0.29) is 10.8 Å². The van der Waals surface area contributed by atoms with Crippen molar-refractivity contribution in [2.45, 2.75) is 42.8 Å². The quantitative estimate of drug-likeness (QED) is 0.747. The average molecular weight is 342 g/mol. The smallest absolute Gasteiger partial charge is 0.240 e. The Balaban J connectivity index is 1.82. The van der Waals surface area contributed by atoms with Gasteiger partial charge in [-0.3, -0.25) is 4.79 Å². The molecule has 1 fully saturated rings. The second-order valence-corrected chi connectivity index (χ2v) is 8.56. The van der Waals surface area contributed by atoms with Gasteiger partial charge in [0.15, 0.2) is 0 Å². The van der Waals surface area contributed by atoms with Crippen LogP contribution < -0.4 is 10.0 Å². The summed E-state index contributed by atoms with van der Waals surface area (Å²) in [5.41, 5.74) is 0.586. The van der Waals surface area contributed by atoms with E-state index in [1.807, 2.05) is 11.8 Å². The van der Waals surface area contributed by atoms with Crippen LogP contribution in [0.3, 0.4) is 0 Å². The number of nitrogens with one attached hydrogen (secondary N) is 2. The van der Waals surface area contributed by atoms with E-state index in [9.17, 15) is 13.2 Å². The molecule has 0 radical (unpaired) electrons. The van der Waals surface area contributed by atoms with Crippen molar-refractivity contribution in [3.05, 3.63) is 24.3 Å². The van der Waals surface area contributed by atoms with E-state index in [2.05, 4.69) is 10.0 Å². The fourth-order valence-corrected chi connectivity index (χ4v) is 4.84. The maximum Gasteiger partial charge on any atom is 0.240 e. The van der Waals surface area contributed by atoms with Gasteiger partial charge < -0.3 is 5.32 Å². The molecule has 1 amide bonds. The van der Waals surface area contributed by atoms with E-state index in [0.29, 0.717) is 17.5 Å². The largest absolute Gasteiger partial charge is 0.326 e. The maximum absolute atomic E-state index is 12.2. The van der Waals surface area contributed by atoms with Crippen LogP contribution in [0, 0.1) is 0 Å². The van der Waals surface area contributed by atoms with Crippen molar-refractivity contribution >= 4 is 33.4 Å². The summed E-state index contributed by atoms with van der Waals surface area (Å²) >= 11 is 1.85. The molecule has 1 aliphatic carbocycles. The van der Waals surface area contributed by atoms with Crippen molar-refractivity contribution < 1.29 is 13.2 Å². The first kappa shape index (κ1) is 17.3. The van der Waals surface area contributed by atoms with Crippen LogP contribution in [-0.4, -0.2) is 31.9 Å². The maximum atomic E-state index is 12.2. The van der Waals surface area contributed by atoms with Crippen LogP contribution in [0.25, 0.3) is 0 Å². The van der Waals surface area contributed by atoms with Crippen molar-refractivity contribution in [3.63, 3.8) is 0 Å². The lowest BCUT2D eigenvalue weighted by Crippen LogP contribution is -2.26. The molecule has 2 N–H and O–H groups in total. The third kappa shape index (κ3) is 5.30. The van der Waals surface area contributed by atoms with Gasteiger partial charge in [0.2, 0.25) is 15.9 Å². The molecule has 1 saturated carbocycles. The minimum absolute atomic E-state index is 0.183. The van der Waals surface area contributed by atoms with E-state index in [0.717, 1.165) is 5.75 Å². The monoisotopic (exact) mass is 342 g/mol. The van der Waals surface area contributed by atoms with Gasteiger partial charge in [0.25, 0.3) is 0 Å². The standard InChI is InChI=1S/C15H22N2O3S2/c1-12(18)17-13-6-8-15(9-7-13)22(19,20)16-10-11-21-14-4-2-3-5-14/h6-9,14,16H,2-5,10-11H2,1H3,(H,17,18). The normalized spacial score (nSPS) is 15.9. The molecular weight excluding hydrogens is 320 g/mol. The fourth-order valence-electron chi connectivity index (χ4n) is 2.46. The highest BCUT2D eigenvalue weighted by molar-refractivity contribution is 8.00. The zero-order valence-electron chi connectivity index (χ0n) is 12.7. The number of anilines is 1. The minimum Gasteiger partial charge on any atom is -0.326 e. The summed E-state index contributed by atoms with van der Waals surface area (Å²) in [6, 6.07) is 6.17. The zero-order valence-corrected chi connectivity index (χ0v) is 14.3. The summed E-state index contributed by atoms with van der Waals surface area (Å²) in [7, 11) is -3.48. The van der Waals surface area contributed by atoms with Gasteiger partial charge in [-0.25, -0.2) is 13.1 Å². The number of sulfonamides is 1. The molecule has 0 unspecified atom stereocenters. The molecule has 1 aromatic rings. The number of thioether (sulfide) groups is 1. The lowest BCUT2D eigenvalue weighted by atomic mass is 10.3. The number of hydrogen-bond donors (Lipinski definition) is 2. The highest BCUT2D eigenvalue weighted by Crippen LogP contribution is 2.28. The number of carbonyl (C=O) groups excluding carboxylic acids is 1. The van der Waals surface area contributed by atoms with Crippen LogP contribution in [0.4, 0.5) is 5.69 Å². The molecule has 0 aromatic heterocycles. The molecule has 7 heteroatoms. The van der Waals surface area contributed by atoms with Crippen molar-refractivity contribution in [1.82, 2.24) is 4.72 Å². The van der Waals surface area contributed by atoms with Crippen molar-refractivity contribution in [2.24, 2.45) is 0 Å². The molecule has 0 saturated heterocycles. The summed E-state index contributed by atoms with van der Waals surface area (Å²) in [6.07, 6.45) is 5.10. The van der Waals surface area contributed by atoms with E-state index in [1.165, 1.54) is 44.7 Å². The molecule has 2 rings (SSSR count). The van der Waals surface area contributed by atoms with Gasteiger partial charge in [0, 0.05) is 30.2 Å². The zero-order chi connectivity index (χ0) is 16.0. The number of carbonyl (C=O) groups is 1. The van der Waals surface area contributed by atoms with E-state index < -0.39 is 10.0 Å². The van der Waals surface area contributed by atoms with Crippen LogP contribution in [0.1, 0.15) is 32.6 Å². The SMILES string of the molecule is CC(=O)Nc1ccc(S(=O)(=O)NCCSC2CCCC2)cc1. The summed E-state index contributed by atoms with van der Waals surface area (Å²) in [5.74, 6) is 0.617. The Hall–Kier alpha value is -1.05. The first-order valence-electron chi connectivity index (χ1n) is 7.46. The second-order valence-electron chi connectivity index (χ2n) is 5.38. The molecule has 0 heterocycles. The Morgan fingerprint density at radius 1 is 1.23 bits per heavy atom. The van der Waals surface area contributed by atoms with Gasteiger partial charge in [-0.1, -0.05) is 12.8 Å². The molecule has 0 atom stereocenters. The van der Waals surface area contributed by atoms with Gasteiger partial charge in [0.05, 0.1) is 4.90 Å². The van der Waals surface area contributed by atoms with Crippen molar-refractivity contribution in [1.29, 1.82) is 0 Å². The van der Waals surface area contributed by atoms with E-state index in [1.54, 1.807) is 12.1 Å². The van der Waals surface area contributed by atoms with Gasteiger partial charge >= 0.3 is 0 Å². The van der Waals surface area contributed by atoms with E-state index in [4.69, 9.17) is 0 Å². The van der Waals surface area contributed by atoms with Crippen LogP contribution in [0.15, 0.2) is 29.2 Å². The average Bonchev–Trinajstić information content (AvgIpc) is 2.97. The summed E-state index contributed by atoms with van der Waals surface area (Å²) < 4.78 is 26.9. The molecule has 22 heavy (non-hydrogen) atoms. The van der Waals surface area contributed by atoms with E-state index >= 15 is 0 Å². The first-order valence-corrected chi connectivity index (χ1v) is 9.99. The molecule has 0 aliphatic heterocycles. The Kier molecular flexibility index (Phi) is 6.28. The summed E-state index contributed by atoms with van der Waals surface area (Å²) in [4.78, 5) is 11.1. The third-order valence-electron chi connectivity index (χ3n) is 3.53. The molecule has 122 valence electrons. The molecule has 0 bridgehead atoms. The Labute approximate surface area is 136 Å². The second kappa shape index (κ2) is 7.99. The highest BCUT2D eigenvalue weighted by Gasteiger charge is 2.16. The van der Waals surface area contributed by atoms with Crippen molar-refractivity contribution in [2.75, 3.05) is 17.6 Å². The molecule has 0 spiro atoms. The lowest BCUT2D eigenvalue weighted by molar-refractivity contribution is -0.114. The third-order valence-corrected chi connectivity index (χ3v) is 6.39. The van der Waals surface area contributed by atoms with Crippen LogP contribution in [0.2, 0.25) is 0 Å². The lowest BCUT2D eigenvalue weighted by Gasteiger charge is -2.10. The van der Waals surface area contributed by atoms with Gasteiger partial charge in [-0.15, -0.1) is 0 Å².